The van der Waals surface area contributed by atoms with Crippen molar-refractivity contribution in [1.29, 1.82) is 0 Å². The molecule has 0 saturated carbocycles. The van der Waals surface area contributed by atoms with Gasteiger partial charge in [-0.3, -0.25) is 4.57 Å². The number of hydrogen-bond acceptors (Lipinski definition) is 7. The van der Waals surface area contributed by atoms with Crippen LogP contribution in [-0.4, -0.2) is 48.0 Å². The third kappa shape index (κ3) is 1.76. The van der Waals surface area contributed by atoms with Crippen LogP contribution in [0.2, 0.25) is 0 Å². The molecule has 19 heavy (non-hydrogen) atoms. The molecule has 102 valence electrons. The maximum absolute atomic E-state index is 10.00. The summed E-state index contributed by atoms with van der Waals surface area (Å²) >= 11 is 0. The maximum atomic E-state index is 10.00. The van der Waals surface area contributed by atoms with Crippen LogP contribution in [0.25, 0.3) is 11.2 Å². The Morgan fingerprint density at radius 3 is 2.68 bits per heavy atom. The molecule has 1 fully saturated rings. The summed E-state index contributed by atoms with van der Waals surface area (Å²) in [5.74, 6) is 0.132. The van der Waals surface area contributed by atoms with Crippen LogP contribution in [0.4, 0.5) is 5.95 Å². The highest BCUT2D eigenvalue weighted by Gasteiger charge is 2.42. The van der Waals surface area contributed by atoms with Crippen molar-refractivity contribution in [2.24, 2.45) is 0 Å². The first kappa shape index (κ1) is 12.3. The molecule has 0 amide bonds. The van der Waals surface area contributed by atoms with Gasteiger partial charge in [0, 0.05) is 0 Å². The van der Waals surface area contributed by atoms with E-state index in [1.54, 1.807) is 18.4 Å². The molecule has 0 bridgehead atoms. The lowest BCUT2D eigenvalue weighted by molar-refractivity contribution is -0.0299. The fraction of sp³-hybridized carbons (Fsp3) is 0.545. The molecule has 1 aliphatic heterocycles. The lowest BCUT2D eigenvalue weighted by Gasteiger charge is -2.16. The minimum Gasteiger partial charge on any atom is -0.388 e. The van der Waals surface area contributed by atoms with Crippen LogP contribution in [0.1, 0.15) is 18.8 Å². The number of rotatable bonds is 1. The summed E-state index contributed by atoms with van der Waals surface area (Å²) < 4.78 is 7.11. The van der Waals surface area contributed by atoms with Crippen molar-refractivity contribution in [3.05, 3.63) is 12.0 Å². The van der Waals surface area contributed by atoms with Crippen LogP contribution in [0.15, 0.2) is 6.33 Å². The largest absolute Gasteiger partial charge is 0.388 e. The smallest absolute Gasteiger partial charge is 0.222 e. The number of ether oxygens (including phenoxy) is 1. The van der Waals surface area contributed by atoms with Gasteiger partial charge in [0.2, 0.25) is 5.95 Å². The minimum absolute atomic E-state index is 0.132. The monoisotopic (exact) mass is 265 g/mol. The van der Waals surface area contributed by atoms with E-state index in [2.05, 4.69) is 15.0 Å². The number of nitrogens with two attached hydrogens (primary N) is 1. The molecule has 0 aliphatic carbocycles. The lowest BCUT2D eigenvalue weighted by Crippen LogP contribution is -2.30. The van der Waals surface area contributed by atoms with E-state index >= 15 is 0 Å². The average Bonchev–Trinajstić information content (AvgIpc) is 2.86. The van der Waals surface area contributed by atoms with Crippen molar-refractivity contribution in [3.8, 4) is 0 Å². The van der Waals surface area contributed by atoms with Gasteiger partial charge in [-0.25, -0.2) is 9.97 Å². The van der Waals surface area contributed by atoms with Gasteiger partial charge in [0.05, 0.1) is 18.1 Å². The predicted octanol–water partition coefficient (Wildman–Crippen LogP) is -0.644. The topological polar surface area (TPSA) is 119 Å². The number of imidazole rings is 1. The zero-order valence-electron chi connectivity index (χ0n) is 10.6. The van der Waals surface area contributed by atoms with Gasteiger partial charge in [0.1, 0.15) is 17.7 Å². The molecular formula is C11H15N5O3. The van der Waals surface area contributed by atoms with Gasteiger partial charge in [0.15, 0.2) is 11.9 Å². The Balaban J connectivity index is 2.11. The molecule has 0 unspecified atom stereocenters. The first-order chi connectivity index (χ1) is 8.99. The Morgan fingerprint density at radius 1 is 1.32 bits per heavy atom. The standard InChI is InChI=1S/C11H15N5O3/c1-4-6-9(15-11(12)14-4)16(3-13-6)10-8(18)7(17)5(2)19-10/h3,5,7-8,10,17-18H,1-2H3,(H2,12,14,15)/t5-,7-,8-,10-/m1/s1. The van der Waals surface area contributed by atoms with E-state index in [0.717, 1.165) is 0 Å². The minimum atomic E-state index is -1.04. The molecule has 0 aromatic carbocycles. The summed E-state index contributed by atoms with van der Waals surface area (Å²) in [6.45, 7) is 3.47. The molecule has 2 aromatic rings. The summed E-state index contributed by atoms with van der Waals surface area (Å²) in [4.78, 5) is 12.3. The van der Waals surface area contributed by atoms with E-state index in [4.69, 9.17) is 10.5 Å². The molecule has 8 heteroatoms. The molecule has 3 rings (SSSR count). The van der Waals surface area contributed by atoms with Crippen molar-refractivity contribution < 1.29 is 14.9 Å². The second-order valence-electron chi connectivity index (χ2n) is 4.70. The van der Waals surface area contributed by atoms with Crippen LogP contribution in [-0.2, 0) is 4.74 Å². The summed E-state index contributed by atoms with van der Waals surface area (Å²) in [5.41, 5.74) is 7.36. The first-order valence-corrected chi connectivity index (χ1v) is 5.97. The SMILES string of the molecule is Cc1nc(N)nc2c1ncn2[C@@H]1O[C@H](C)[C@@H](O)[C@H]1O. The van der Waals surface area contributed by atoms with E-state index in [9.17, 15) is 10.2 Å². The molecule has 4 N–H and O–H groups in total. The highest BCUT2D eigenvalue weighted by molar-refractivity contribution is 5.74. The maximum Gasteiger partial charge on any atom is 0.222 e. The number of anilines is 1. The molecule has 3 heterocycles. The Kier molecular flexibility index (Phi) is 2.66. The Labute approximate surface area is 108 Å². The highest BCUT2D eigenvalue weighted by Crippen LogP contribution is 2.31. The second kappa shape index (κ2) is 4.12. The number of aromatic nitrogens is 4. The molecular weight excluding hydrogens is 250 g/mol. The van der Waals surface area contributed by atoms with Gasteiger partial charge in [0.25, 0.3) is 0 Å². The van der Waals surface area contributed by atoms with Crippen LogP contribution >= 0.6 is 0 Å². The summed E-state index contributed by atoms with van der Waals surface area (Å²) in [6.07, 6.45) is -1.67. The number of nitrogen functional groups attached to an aromatic ring is 1. The summed E-state index contributed by atoms with van der Waals surface area (Å²) in [5, 5.41) is 19.8. The number of hydrogen-bond donors (Lipinski definition) is 3. The number of fused-ring (bicyclic) bond motifs is 1. The first-order valence-electron chi connectivity index (χ1n) is 5.97. The zero-order chi connectivity index (χ0) is 13.7. The van der Waals surface area contributed by atoms with Crippen molar-refractivity contribution in [2.75, 3.05) is 5.73 Å². The van der Waals surface area contributed by atoms with Crippen molar-refractivity contribution in [1.82, 2.24) is 19.5 Å². The molecule has 8 nitrogen and oxygen atoms in total. The quantitative estimate of drug-likeness (QED) is 0.627. The van der Waals surface area contributed by atoms with Crippen LogP contribution in [0.5, 0.6) is 0 Å². The van der Waals surface area contributed by atoms with Crippen LogP contribution in [0, 0.1) is 6.92 Å². The van der Waals surface area contributed by atoms with Gasteiger partial charge in [-0.2, -0.15) is 4.98 Å². The van der Waals surface area contributed by atoms with E-state index in [0.29, 0.717) is 16.9 Å². The lowest BCUT2D eigenvalue weighted by atomic mass is 10.1. The summed E-state index contributed by atoms with van der Waals surface area (Å²) in [7, 11) is 0. The molecule has 0 radical (unpaired) electrons. The number of aliphatic hydroxyl groups is 2. The van der Waals surface area contributed by atoms with Crippen LogP contribution < -0.4 is 5.73 Å². The van der Waals surface area contributed by atoms with Gasteiger partial charge >= 0.3 is 0 Å². The van der Waals surface area contributed by atoms with Gasteiger partial charge in [-0.15, -0.1) is 0 Å². The van der Waals surface area contributed by atoms with E-state index in [-0.39, 0.29) is 5.95 Å². The molecule has 2 aromatic heterocycles. The normalized spacial score (nSPS) is 31.2. The third-order valence-electron chi connectivity index (χ3n) is 3.36. The van der Waals surface area contributed by atoms with Gasteiger partial charge in [-0.1, -0.05) is 0 Å². The van der Waals surface area contributed by atoms with Gasteiger partial charge in [-0.05, 0) is 13.8 Å². The van der Waals surface area contributed by atoms with Crippen molar-refractivity contribution in [3.63, 3.8) is 0 Å². The van der Waals surface area contributed by atoms with Gasteiger partial charge < -0.3 is 20.7 Å². The van der Waals surface area contributed by atoms with E-state index in [1.807, 2.05) is 0 Å². The van der Waals surface area contributed by atoms with Crippen LogP contribution in [0.3, 0.4) is 0 Å². The number of nitrogens with zero attached hydrogens (tertiary/aromatic N) is 4. The molecule has 0 spiro atoms. The molecule has 1 saturated heterocycles. The van der Waals surface area contributed by atoms with Crippen molar-refractivity contribution >= 4 is 17.1 Å². The Hall–Kier alpha value is -1.77. The molecule has 4 atom stereocenters. The Bertz CT molecular complexity index is 628. The van der Waals surface area contributed by atoms with E-state index in [1.165, 1.54) is 6.33 Å². The second-order valence-corrected chi connectivity index (χ2v) is 4.70. The molecule has 1 aliphatic rings. The third-order valence-corrected chi connectivity index (χ3v) is 3.36. The number of aryl methyl sites for hydroxylation is 1. The summed E-state index contributed by atoms with van der Waals surface area (Å²) in [6, 6.07) is 0. The Morgan fingerprint density at radius 2 is 2.05 bits per heavy atom. The fourth-order valence-electron chi connectivity index (χ4n) is 2.32. The van der Waals surface area contributed by atoms with Crippen molar-refractivity contribution in [2.45, 2.75) is 38.4 Å². The van der Waals surface area contributed by atoms with E-state index < -0.39 is 24.5 Å². The highest BCUT2D eigenvalue weighted by atomic mass is 16.6. The fourth-order valence-corrected chi connectivity index (χ4v) is 2.32. The average molecular weight is 265 g/mol. The zero-order valence-corrected chi connectivity index (χ0v) is 10.6. The predicted molar refractivity (Wildman–Crippen MR) is 66.1 cm³/mol. The number of aliphatic hydroxyl groups excluding tert-OH is 2.